The number of aliphatic hydroxyl groups excluding tert-OH is 1. The fourth-order valence-electron chi connectivity index (χ4n) is 3.14. The molecule has 0 saturated carbocycles. The van der Waals surface area contributed by atoms with Gasteiger partial charge in [-0.15, -0.1) is 5.92 Å². The minimum atomic E-state index is -3.97. The van der Waals surface area contributed by atoms with E-state index in [1.807, 2.05) is 36.4 Å². The van der Waals surface area contributed by atoms with Crippen molar-refractivity contribution in [2.24, 2.45) is 0 Å². The number of hydrogen-bond acceptors (Lipinski definition) is 3. The van der Waals surface area contributed by atoms with Gasteiger partial charge in [0.1, 0.15) is 0 Å². The molecule has 0 aliphatic carbocycles. The predicted molar refractivity (Wildman–Crippen MR) is 109 cm³/mol. The number of amides is 1. The summed E-state index contributed by atoms with van der Waals surface area (Å²) < 4.78 is 10.8. The van der Waals surface area contributed by atoms with E-state index in [0.717, 1.165) is 18.4 Å². The second kappa shape index (κ2) is 11.2. The van der Waals surface area contributed by atoms with Gasteiger partial charge < -0.3 is 19.8 Å². The van der Waals surface area contributed by atoms with Crippen LogP contribution in [0.5, 0.6) is 0 Å². The molecule has 1 aromatic carbocycles. The van der Waals surface area contributed by atoms with E-state index in [4.69, 9.17) is 9.79 Å². The fourth-order valence-corrected chi connectivity index (χ4v) is 3.71. The van der Waals surface area contributed by atoms with E-state index in [9.17, 15) is 14.5 Å². The van der Waals surface area contributed by atoms with Gasteiger partial charge in [0.25, 0.3) is 0 Å². The second-order valence-electron chi connectivity index (χ2n) is 6.97. The maximum Gasteiger partial charge on any atom is 0.325 e. The van der Waals surface area contributed by atoms with Crippen molar-refractivity contribution < 1.29 is 24.3 Å². The Morgan fingerprint density at radius 1 is 1.25 bits per heavy atom. The summed E-state index contributed by atoms with van der Waals surface area (Å²) in [6.07, 6.45) is 6.25. The van der Waals surface area contributed by atoms with E-state index in [2.05, 4.69) is 11.8 Å². The normalized spacial score (nSPS) is 18.8. The number of carbonyl (C=O) groups is 1. The lowest BCUT2D eigenvalue weighted by molar-refractivity contribution is -0.134. The first-order valence-corrected chi connectivity index (χ1v) is 11.3. The average molecular weight is 405 g/mol. The highest BCUT2D eigenvalue weighted by atomic mass is 31.2. The number of carbonyl (C=O) groups excluding carboxylic acids is 1. The molecule has 1 fully saturated rings. The Morgan fingerprint density at radius 3 is 2.71 bits per heavy atom. The third-order valence-electron chi connectivity index (χ3n) is 4.58. The van der Waals surface area contributed by atoms with Crippen LogP contribution < -0.4 is 0 Å². The van der Waals surface area contributed by atoms with Gasteiger partial charge in [-0.3, -0.25) is 9.36 Å². The molecule has 3 N–H and O–H groups in total. The number of unbranched alkanes of at least 4 members (excludes halogenated alkanes) is 1. The molecule has 6 nitrogen and oxygen atoms in total. The van der Waals surface area contributed by atoms with Crippen LogP contribution in [0.15, 0.2) is 42.5 Å². The van der Waals surface area contributed by atoms with Crippen LogP contribution in [0.4, 0.5) is 0 Å². The molecule has 152 valence electrons. The number of hydrogen-bond donors (Lipinski definition) is 3. The third kappa shape index (κ3) is 8.41. The fraction of sp³-hybridized carbons (Fsp3) is 0.476. The van der Waals surface area contributed by atoms with Crippen LogP contribution in [0.1, 0.15) is 37.7 Å². The molecule has 1 aliphatic rings. The van der Waals surface area contributed by atoms with Crippen molar-refractivity contribution in [1.82, 2.24) is 4.90 Å². The summed E-state index contributed by atoms with van der Waals surface area (Å²) in [5.41, 5.74) is 1.05. The lowest BCUT2D eigenvalue weighted by Crippen LogP contribution is -2.42. The quantitative estimate of drug-likeness (QED) is 0.267. The van der Waals surface area contributed by atoms with Crippen LogP contribution in [0.25, 0.3) is 0 Å². The smallest absolute Gasteiger partial charge is 0.325 e. The molecule has 0 radical (unpaired) electrons. The number of aliphatic hydroxyl groups is 1. The predicted octanol–water partition coefficient (Wildman–Crippen LogP) is 2.49. The van der Waals surface area contributed by atoms with Crippen LogP contribution in [-0.4, -0.2) is 50.6 Å². The van der Waals surface area contributed by atoms with E-state index < -0.39 is 13.7 Å². The van der Waals surface area contributed by atoms with Gasteiger partial charge in [0.2, 0.25) is 5.91 Å². The highest BCUT2D eigenvalue weighted by Gasteiger charge is 2.25. The molecule has 1 aromatic rings. The summed E-state index contributed by atoms with van der Waals surface area (Å²) >= 11 is 0. The van der Waals surface area contributed by atoms with Gasteiger partial charge in [0, 0.05) is 19.3 Å². The highest BCUT2D eigenvalue weighted by Crippen LogP contribution is 2.35. The van der Waals surface area contributed by atoms with Crippen LogP contribution in [0.3, 0.4) is 0 Å². The van der Waals surface area contributed by atoms with E-state index >= 15 is 0 Å². The van der Waals surface area contributed by atoms with Crippen molar-refractivity contribution >= 4 is 13.5 Å². The lowest BCUT2D eigenvalue weighted by Gasteiger charge is -2.32. The topological polar surface area (TPSA) is 98.1 Å². The maximum atomic E-state index is 12.3. The Kier molecular flexibility index (Phi) is 8.95. The molecule has 1 unspecified atom stereocenters. The first-order chi connectivity index (χ1) is 13.3. The second-order valence-corrected chi connectivity index (χ2v) is 8.75. The molecule has 1 heterocycles. The molecule has 2 atom stereocenters. The van der Waals surface area contributed by atoms with Gasteiger partial charge in [-0.25, -0.2) is 0 Å². The van der Waals surface area contributed by atoms with Crippen LogP contribution in [0, 0.1) is 11.8 Å². The highest BCUT2D eigenvalue weighted by molar-refractivity contribution is 7.51. The zero-order valence-corrected chi connectivity index (χ0v) is 16.8. The monoisotopic (exact) mass is 405 g/mol. The van der Waals surface area contributed by atoms with E-state index in [1.165, 1.54) is 0 Å². The van der Waals surface area contributed by atoms with Crippen molar-refractivity contribution in [2.45, 2.75) is 50.7 Å². The van der Waals surface area contributed by atoms with E-state index in [0.29, 0.717) is 32.2 Å². The van der Waals surface area contributed by atoms with Crippen LogP contribution >= 0.6 is 7.60 Å². The molecule has 2 rings (SSSR count). The molecule has 1 amide bonds. The summed E-state index contributed by atoms with van der Waals surface area (Å²) in [7, 11) is -3.97. The Bertz CT molecular complexity index is 762. The first kappa shape index (κ1) is 22.4. The van der Waals surface area contributed by atoms with Crippen LogP contribution in [-0.2, 0) is 15.8 Å². The van der Waals surface area contributed by atoms with Crippen molar-refractivity contribution in [1.29, 1.82) is 0 Å². The van der Waals surface area contributed by atoms with Crippen molar-refractivity contribution in [3.8, 4) is 11.8 Å². The maximum absolute atomic E-state index is 12.3. The van der Waals surface area contributed by atoms with Gasteiger partial charge in [0.05, 0.1) is 24.9 Å². The minimum absolute atomic E-state index is 0.0444. The summed E-state index contributed by atoms with van der Waals surface area (Å²) in [6, 6.07) is 9.66. The standard InChI is InChI=1S/C21H28NO5P/c23-20(17-18-9-4-3-5-10-18)14-13-19-11-8-12-21(24)22(19)15-6-1-2-7-16-28(25,26)27/h3-5,9-10,13-14,19-20,23H,2,7-8,11-12,15-17H2,(H2,25,26,27)/b14-13+/t19-,20?/m1/s1. The van der Waals surface area contributed by atoms with Crippen molar-refractivity contribution in [3.63, 3.8) is 0 Å². The zero-order valence-electron chi connectivity index (χ0n) is 15.9. The number of nitrogens with zero attached hydrogens (tertiary/aromatic N) is 1. The number of likely N-dealkylation sites (tertiary alicyclic amines) is 1. The number of piperidine rings is 1. The van der Waals surface area contributed by atoms with Crippen LogP contribution in [0.2, 0.25) is 0 Å². The number of rotatable bonds is 8. The molecule has 0 bridgehead atoms. The zero-order chi connectivity index (χ0) is 20.4. The summed E-state index contributed by atoms with van der Waals surface area (Å²) in [4.78, 5) is 31.6. The Balaban J connectivity index is 1.87. The summed E-state index contributed by atoms with van der Waals surface area (Å²) in [5, 5.41) is 10.2. The Labute approximate surface area is 166 Å². The van der Waals surface area contributed by atoms with Gasteiger partial charge in [-0.2, -0.15) is 0 Å². The third-order valence-corrected chi connectivity index (χ3v) is 5.48. The number of benzene rings is 1. The van der Waals surface area contributed by atoms with Gasteiger partial charge in [-0.1, -0.05) is 48.4 Å². The molecule has 28 heavy (non-hydrogen) atoms. The molecular weight excluding hydrogens is 377 g/mol. The van der Waals surface area contributed by atoms with Gasteiger partial charge in [0.15, 0.2) is 0 Å². The van der Waals surface area contributed by atoms with Crippen molar-refractivity contribution in [2.75, 3.05) is 12.7 Å². The first-order valence-electron chi connectivity index (χ1n) is 9.55. The van der Waals surface area contributed by atoms with E-state index in [-0.39, 0.29) is 18.1 Å². The molecule has 1 aliphatic heterocycles. The largest absolute Gasteiger partial charge is 0.389 e. The molecule has 0 spiro atoms. The van der Waals surface area contributed by atoms with Crippen molar-refractivity contribution in [3.05, 3.63) is 48.0 Å². The summed E-state index contributed by atoms with van der Waals surface area (Å²) in [6.45, 7) is 0.290. The Hall–Kier alpha value is -1.90. The molecule has 1 saturated heterocycles. The summed E-state index contributed by atoms with van der Waals surface area (Å²) in [5.74, 6) is 5.86. The molecular formula is C21H28NO5P. The molecule has 7 heteroatoms. The lowest BCUT2D eigenvalue weighted by atomic mass is 9.99. The van der Waals surface area contributed by atoms with Gasteiger partial charge in [-0.05, 0) is 24.8 Å². The molecule has 0 aromatic heterocycles. The minimum Gasteiger partial charge on any atom is -0.389 e. The SMILES string of the molecule is O=C1CCC[C@H](/C=C/C(O)Cc2ccccc2)N1CC#CCCCP(=O)(O)O. The van der Waals surface area contributed by atoms with Gasteiger partial charge >= 0.3 is 7.60 Å². The van der Waals surface area contributed by atoms with E-state index in [1.54, 1.807) is 11.0 Å². The average Bonchev–Trinajstić information content (AvgIpc) is 2.64. The Morgan fingerprint density at radius 2 is 2.00 bits per heavy atom.